The molecule has 0 unspecified atom stereocenters. The maximum absolute atomic E-state index is 12.8. The second kappa shape index (κ2) is 7.13. The summed E-state index contributed by atoms with van der Waals surface area (Å²) < 4.78 is 3.74. The summed E-state index contributed by atoms with van der Waals surface area (Å²) in [5, 5.41) is 13.4. The largest absolute Gasteiger partial charge is 0.347 e. The van der Waals surface area contributed by atoms with E-state index >= 15 is 0 Å². The topological polar surface area (TPSA) is 65.6 Å². The number of thioether (sulfide) groups is 1. The molecule has 0 aliphatic heterocycles. The molecule has 0 fully saturated rings. The Morgan fingerprint density at radius 1 is 1.08 bits per heavy atom. The first-order valence-corrected chi connectivity index (χ1v) is 9.34. The summed E-state index contributed by atoms with van der Waals surface area (Å²) in [6.45, 7) is 2.90. The molecule has 2 aromatic carbocycles. The average molecular weight is 363 g/mol. The van der Waals surface area contributed by atoms with Crippen LogP contribution >= 0.6 is 11.8 Å². The molecule has 4 aromatic rings. The lowest BCUT2D eigenvalue weighted by Gasteiger charge is -2.03. The Hall–Kier alpha value is -2.93. The molecule has 0 aliphatic carbocycles. The van der Waals surface area contributed by atoms with E-state index in [-0.39, 0.29) is 11.5 Å². The number of nitrogens with zero attached hydrogens (tertiary/aromatic N) is 5. The number of fused-ring (bicyclic) bond motifs is 1. The van der Waals surface area contributed by atoms with Crippen molar-refractivity contribution in [2.75, 3.05) is 5.75 Å². The van der Waals surface area contributed by atoms with Gasteiger partial charge in [-0.25, -0.2) is 0 Å². The third kappa shape index (κ3) is 3.01. The van der Waals surface area contributed by atoms with Crippen molar-refractivity contribution in [1.29, 1.82) is 0 Å². The van der Waals surface area contributed by atoms with Crippen molar-refractivity contribution < 1.29 is 4.79 Å². The van der Waals surface area contributed by atoms with Crippen molar-refractivity contribution in [1.82, 2.24) is 24.8 Å². The molecule has 0 radical (unpaired) electrons. The van der Waals surface area contributed by atoms with Crippen LogP contribution in [0.4, 0.5) is 0 Å². The predicted octanol–water partition coefficient (Wildman–Crippen LogP) is 3.61. The van der Waals surface area contributed by atoms with E-state index < -0.39 is 0 Å². The van der Waals surface area contributed by atoms with Gasteiger partial charge in [0.2, 0.25) is 5.16 Å². The number of hydrogen-bond donors (Lipinski definition) is 0. The summed E-state index contributed by atoms with van der Waals surface area (Å²) in [5.41, 5.74) is 2.70. The number of carbonyl (C=O) groups excluding carboxylic acids is 1. The zero-order chi connectivity index (χ0) is 17.9. The van der Waals surface area contributed by atoms with E-state index in [1.165, 1.54) is 11.8 Å². The molecule has 7 heteroatoms. The van der Waals surface area contributed by atoms with E-state index in [1.54, 1.807) is 4.68 Å². The maximum atomic E-state index is 12.8. The second-order valence-corrected chi connectivity index (χ2v) is 6.71. The van der Waals surface area contributed by atoms with Gasteiger partial charge in [0.1, 0.15) is 0 Å². The van der Waals surface area contributed by atoms with Gasteiger partial charge in [-0.2, -0.15) is 4.68 Å². The number of Topliss-reactive ketones (excluding diaryl/α,β-unsaturated/α-hetero) is 1. The van der Waals surface area contributed by atoms with Crippen molar-refractivity contribution in [2.45, 2.75) is 18.6 Å². The Morgan fingerprint density at radius 2 is 1.85 bits per heavy atom. The molecule has 0 spiro atoms. The van der Waals surface area contributed by atoms with Crippen molar-refractivity contribution >= 4 is 28.4 Å². The lowest BCUT2D eigenvalue weighted by Crippen LogP contribution is -2.04. The molecule has 0 saturated heterocycles. The number of aryl methyl sites for hydroxylation is 1. The molecule has 0 saturated carbocycles. The fourth-order valence-electron chi connectivity index (χ4n) is 2.94. The van der Waals surface area contributed by atoms with Gasteiger partial charge in [-0.3, -0.25) is 4.79 Å². The van der Waals surface area contributed by atoms with Crippen LogP contribution in [0.1, 0.15) is 17.3 Å². The van der Waals surface area contributed by atoms with Crippen LogP contribution in [0.15, 0.2) is 66.0 Å². The van der Waals surface area contributed by atoms with Gasteiger partial charge in [0.15, 0.2) is 5.78 Å². The number of para-hydroxylation sites is 2. The van der Waals surface area contributed by atoms with E-state index in [2.05, 4.69) is 27.0 Å². The quantitative estimate of drug-likeness (QED) is 0.387. The first-order valence-electron chi connectivity index (χ1n) is 8.35. The zero-order valence-electron chi connectivity index (χ0n) is 14.2. The van der Waals surface area contributed by atoms with Crippen LogP contribution in [0.5, 0.6) is 0 Å². The van der Waals surface area contributed by atoms with Gasteiger partial charge in [0, 0.05) is 29.2 Å². The highest BCUT2D eigenvalue weighted by atomic mass is 32.2. The monoisotopic (exact) mass is 363 g/mol. The number of ketones is 1. The molecule has 26 heavy (non-hydrogen) atoms. The van der Waals surface area contributed by atoms with Gasteiger partial charge in [0.25, 0.3) is 0 Å². The summed E-state index contributed by atoms with van der Waals surface area (Å²) in [6, 6.07) is 17.6. The summed E-state index contributed by atoms with van der Waals surface area (Å²) in [7, 11) is 0. The minimum absolute atomic E-state index is 0.0704. The summed E-state index contributed by atoms with van der Waals surface area (Å²) in [4.78, 5) is 12.8. The van der Waals surface area contributed by atoms with Gasteiger partial charge in [-0.05, 0) is 35.5 Å². The average Bonchev–Trinajstić information content (AvgIpc) is 3.31. The lowest BCUT2D eigenvalue weighted by molar-refractivity contribution is 0.102. The van der Waals surface area contributed by atoms with Crippen molar-refractivity contribution in [3.8, 4) is 5.69 Å². The van der Waals surface area contributed by atoms with Crippen LogP contribution in [0, 0.1) is 0 Å². The van der Waals surface area contributed by atoms with Gasteiger partial charge in [-0.15, -0.1) is 5.10 Å². The molecule has 2 aromatic heterocycles. The molecular formula is C19H17N5OS. The van der Waals surface area contributed by atoms with Crippen LogP contribution in [0.25, 0.3) is 16.6 Å². The Morgan fingerprint density at radius 3 is 2.65 bits per heavy atom. The molecule has 6 nitrogen and oxygen atoms in total. The Balaban J connectivity index is 1.57. The van der Waals surface area contributed by atoms with Gasteiger partial charge < -0.3 is 4.57 Å². The van der Waals surface area contributed by atoms with E-state index in [1.807, 2.05) is 60.8 Å². The van der Waals surface area contributed by atoms with Crippen LogP contribution in [-0.4, -0.2) is 36.3 Å². The maximum Gasteiger partial charge on any atom is 0.214 e. The van der Waals surface area contributed by atoms with Crippen LogP contribution in [0.3, 0.4) is 0 Å². The highest BCUT2D eigenvalue weighted by Crippen LogP contribution is 2.25. The Kier molecular flexibility index (Phi) is 4.53. The fourth-order valence-corrected chi connectivity index (χ4v) is 3.71. The van der Waals surface area contributed by atoms with E-state index in [4.69, 9.17) is 0 Å². The molecule has 2 heterocycles. The lowest BCUT2D eigenvalue weighted by atomic mass is 10.1. The number of tetrazole rings is 1. The molecule has 0 bridgehead atoms. The highest BCUT2D eigenvalue weighted by molar-refractivity contribution is 7.99. The first kappa shape index (κ1) is 16.5. The number of carbonyl (C=O) groups is 1. The third-order valence-corrected chi connectivity index (χ3v) is 5.12. The van der Waals surface area contributed by atoms with Crippen molar-refractivity contribution in [2.24, 2.45) is 0 Å². The normalized spacial score (nSPS) is 11.1. The standard InChI is InChI=1S/C19H17N5OS/c1-2-23-12-16(15-10-6-7-11-17(15)23)18(25)13-26-19-20-21-22-24(19)14-8-4-3-5-9-14/h3-12H,2,13H2,1H3. The minimum atomic E-state index is 0.0704. The predicted molar refractivity (Wildman–Crippen MR) is 102 cm³/mol. The van der Waals surface area contributed by atoms with Crippen LogP contribution in [0.2, 0.25) is 0 Å². The molecule has 0 amide bonds. The zero-order valence-corrected chi connectivity index (χ0v) is 15.1. The molecule has 0 N–H and O–H groups in total. The summed E-state index contributed by atoms with van der Waals surface area (Å²) in [5.74, 6) is 0.353. The van der Waals surface area contributed by atoms with Gasteiger partial charge >= 0.3 is 0 Å². The van der Waals surface area contributed by atoms with Crippen LogP contribution < -0.4 is 0 Å². The molecule has 0 atom stereocenters. The number of benzene rings is 2. The Bertz CT molecular complexity index is 1050. The summed E-state index contributed by atoms with van der Waals surface area (Å²) >= 11 is 1.34. The van der Waals surface area contributed by atoms with Gasteiger partial charge in [0.05, 0.1) is 11.4 Å². The SMILES string of the molecule is CCn1cc(C(=O)CSc2nnnn2-c2ccccc2)c2ccccc21. The molecular weight excluding hydrogens is 346 g/mol. The Labute approximate surface area is 154 Å². The number of hydrogen-bond acceptors (Lipinski definition) is 5. The highest BCUT2D eigenvalue weighted by Gasteiger charge is 2.17. The number of aromatic nitrogens is 5. The smallest absolute Gasteiger partial charge is 0.214 e. The summed E-state index contributed by atoms with van der Waals surface area (Å²) in [6.07, 6.45) is 1.94. The van der Waals surface area contributed by atoms with Crippen LogP contribution in [-0.2, 0) is 6.54 Å². The third-order valence-electron chi connectivity index (χ3n) is 4.20. The number of rotatable bonds is 6. The van der Waals surface area contributed by atoms with E-state index in [0.717, 1.165) is 28.7 Å². The molecule has 0 aliphatic rings. The van der Waals surface area contributed by atoms with Crippen molar-refractivity contribution in [3.05, 3.63) is 66.4 Å². The first-order chi connectivity index (χ1) is 12.8. The fraction of sp³-hybridized carbons (Fsp3) is 0.158. The molecule has 4 rings (SSSR count). The van der Waals surface area contributed by atoms with E-state index in [0.29, 0.717) is 5.16 Å². The second-order valence-electron chi connectivity index (χ2n) is 5.77. The van der Waals surface area contributed by atoms with E-state index in [9.17, 15) is 4.79 Å². The van der Waals surface area contributed by atoms with Gasteiger partial charge in [-0.1, -0.05) is 48.2 Å². The molecule has 130 valence electrons. The van der Waals surface area contributed by atoms with Crippen molar-refractivity contribution in [3.63, 3.8) is 0 Å². The minimum Gasteiger partial charge on any atom is -0.347 e.